The number of hydrogen-bond acceptors (Lipinski definition) is 4. The molecule has 0 aromatic heterocycles. The van der Waals surface area contributed by atoms with E-state index in [9.17, 15) is 18.4 Å². The Morgan fingerprint density at radius 3 is 2.54 bits per heavy atom. The molecule has 28 heavy (non-hydrogen) atoms. The van der Waals surface area contributed by atoms with Crippen LogP contribution >= 0.6 is 0 Å². The fourth-order valence-corrected chi connectivity index (χ4v) is 3.46. The number of likely N-dealkylation sites (tertiary alicyclic amines) is 1. The lowest BCUT2D eigenvalue weighted by molar-refractivity contribution is -0.119. The topological polar surface area (TPSA) is 84.7 Å². The number of carbonyl (C=O) groups excluding carboxylic acids is 2. The Bertz CT molecular complexity index is 721. The van der Waals surface area contributed by atoms with Gasteiger partial charge < -0.3 is 20.7 Å². The highest BCUT2D eigenvalue weighted by molar-refractivity contribution is 5.72. The van der Waals surface area contributed by atoms with Gasteiger partial charge >= 0.3 is 6.09 Å². The summed E-state index contributed by atoms with van der Waals surface area (Å²) in [4.78, 5) is 25.4. The van der Waals surface area contributed by atoms with Crippen molar-refractivity contribution in [1.82, 2.24) is 10.2 Å². The van der Waals surface area contributed by atoms with E-state index < -0.39 is 29.4 Å². The molecule has 0 radical (unpaired) electrons. The van der Waals surface area contributed by atoms with Gasteiger partial charge in [-0.3, -0.25) is 4.79 Å². The van der Waals surface area contributed by atoms with Gasteiger partial charge in [-0.15, -0.1) is 0 Å². The molecule has 1 aliphatic heterocycles. The minimum absolute atomic E-state index is 0.159. The standard InChI is InChI=1S/C20H29F2N3O3/c1-12(26)24-8-7-14-10-15(13-5-6-16(21)17(22)9-13)18(23)11-25(14)19(27)28-20(2,3)4/h5-6,9,14-15,18H,7-8,10-11,23H2,1-4H3,(H,24,26)/t14?,15-,18+/m0/s1. The van der Waals surface area contributed by atoms with Crippen LogP contribution in [0, 0.1) is 11.6 Å². The van der Waals surface area contributed by atoms with Crippen LogP contribution in [0.3, 0.4) is 0 Å². The zero-order valence-electron chi connectivity index (χ0n) is 16.8. The molecule has 1 aromatic rings. The Morgan fingerprint density at radius 2 is 1.96 bits per heavy atom. The number of hydrogen-bond donors (Lipinski definition) is 2. The van der Waals surface area contributed by atoms with Gasteiger partial charge in [0.25, 0.3) is 0 Å². The molecule has 156 valence electrons. The average Bonchev–Trinajstić information content (AvgIpc) is 2.56. The smallest absolute Gasteiger partial charge is 0.410 e. The summed E-state index contributed by atoms with van der Waals surface area (Å²) in [6.07, 6.45) is 0.496. The van der Waals surface area contributed by atoms with Gasteiger partial charge in [0.2, 0.25) is 5.91 Å². The van der Waals surface area contributed by atoms with E-state index in [2.05, 4.69) is 5.32 Å². The number of halogens is 2. The van der Waals surface area contributed by atoms with Gasteiger partial charge in [0, 0.05) is 38.0 Å². The number of rotatable bonds is 4. The molecule has 8 heteroatoms. The number of nitrogens with zero attached hydrogens (tertiary/aromatic N) is 1. The first-order valence-corrected chi connectivity index (χ1v) is 9.42. The molecule has 1 unspecified atom stereocenters. The second kappa shape index (κ2) is 8.86. The largest absolute Gasteiger partial charge is 0.444 e. The molecule has 2 rings (SSSR count). The van der Waals surface area contributed by atoms with Crippen molar-refractivity contribution in [3.8, 4) is 0 Å². The molecule has 1 aromatic carbocycles. The maximum absolute atomic E-state index is 13.7. The molecule has 3 atom stereocenters. The van der Waals surface area contributed by atoms with Crippen LogP contribution in [-0.2, 0) is 9.53 Å². The molecule has 0 bridgehead atoms. The fourth-order valence-electron chi connectivity index (χ4n) is 3.46. The predicted octanol–water partition coefficient (Wildman–Crippen LogP) is 2.91. The Morgan fingerprint density at radius 1 is 1.29 bits per heavy atom. The van der Waals surface area contributed by atoms with Crippen LogP contribution in [-0.4, -0.2) is 47.7 Å². The molecule has 3 N–H and O–H groups in total. The molecular formula is C20H29F2N3O3. The second-order valence-electron chi connectivity index (χ2n) is 8.24. The van der Waals surface area contributed by atoms with Crippen molar-refractivity contribution in [2.75, 3.05) is 13.1 Å². The van der Waals surface area contributed by atoms with E-state index in [4.69, 9.17) is 10.5 Å². The van der Waals surface area contributed by atoms with Crippen molar-refractivity contribution in [2.24, 2.45) is 5.73 Å². The van der Waals surface area contributed by atoms with Gasteiger partial charge in [-0.2, -0.15) is 0 Å². The van der Waals surface area contributed by atoms with Crippen LogP contribution in [0.1, 0.15) is 52.0 Å². The summed E-state index contributed by atoms with van der Waals surface area (Å²) in [5.41, 5.74) is 6.24. The minimum Gasteiger partial charge on any atom is -0.444 e. The van der Waals surface area contributed by atoms with E-state index in [1.54, 1.807) is 25.7 Å². The third-order valence-electron chi connectivity index (χ3n) is 4.74. The van der Waals surface area contributed by atoms with E-state index in [1.807, 2.05) is 0 Å². The first-order chi connectivity index (χ1) is 13.0. The second-order valence-corrected chi connectivity index (χ2v) is 8.24. The van der Waals surface area contributed by atoms with Crippen molar-refractivity contribution in [2.45, 2.75) is 64.1 Å². The summed E-state index contributed by atoms with van der Waals surface area (Å²) in [7, 11) is 0. The van der Waals surface area contributed by atoms with Gasteiger partial charge in [0.05, 0.1) is 0 Å². The molecule has 0 aliphatic carbocycles. The first kappa shape index (κ1) is 22.1. The van der Waals surface area contributed by atoms with Gasteiger partial charge in [-0.05, 0) is 51.3 Å². The molecule has 6 nitrogen and oxygen atoms in total. The van der Waals surface area contributed by atoms with Crippen LogP contribution in [0.5, 0.6) is 0 Å². The molecular weight excluding hydrogens is 368 g/mol. The zero-order chi connectivity index (χ0) is 21.1. The molecule has 1 aliphatic rings. The lowest BCUT2D eigenvalue weighted by Crippen LogP contribution is -2.56. The Labute approximate surface area is 164 Å². The third-order valence-corrected chi connectivity index (χ3v) is 4.74. The van der Waals surface area contributed by atoms with Crippen molar-refractivity contribution in [3.63, 3.8) is 0 Å². The van der Waals surface area contributed by atoms with Gasteiger partial charge in [-0.25, -0.2) is 13.6 Å². The predicted molar refractivity (Wildman–Crippen MR) is 102 cm³/mol. The van der Waals surface area contributed by atoms with Crippen molar-refractivity contribution < 1.29 is 23.1 Å². The minimum atomic E-state index is -0.922. The Kier molecular flexibility index (Phi) is 6.98. The van der Waals surface area contributed by atoms with Crippen LogP contribution in [0.15, 0.2) is 18.2 Å². The summed E-state index contributed by atoms with van der Waals surface area (Å²) < 4.78 is 32.5. The van der Waals surface area contributed by atoms with Gasteiger partial charge in [0.1, 0.15) is 5.60 Å². The molecule has 1 saturated heterocycles. The fraction of sp³-hybridized carbons (Fsp3) is 0.600. The van der Waals surface area contributed by atoms with E-state index in [0.717, 1.165) is 12.1 Å². The van der Waals surface area contributed by atoms with Crippen LogP contribution < -0.4 is 11.1 Å². The van der Waals surface area contributed by atoms with Crippen molar-refractivity contribution in [3.05, 3.63) is 35.4 Å². The number of benzene rings is 1. The highest BCUT2D eigenvalue weighted by Crippen LogP contribution is 2.33. The van der Waals surface area contributed by atoms with Gasteiger partial charge in [-0.1, -0.05) is 6.07 Å². The summed E-state index contributed by atoms with van der Waals surface area (Å²) >= 11 is 0. The number of ether oxygens (including phenoxy) is 1. The lowest BCUT2D eigenvalue weighted by atomic mass is 9.81. The van der Waals surface area contributed by atoms with Crippen LogP contribution in [0.25, 0.3) is 0 Å². The molecule has 1 heterocycles. The monoisotopic (exact) mass is 397 g/mol. The summed E-state index contributed by atoms with van der Waals surface area (Å²) in [6.45, 7) is 7.39. The summed E-state index contributed by atoms with van der Waals surface area (Å²) in [5.74, 6) is -2.23. The molecule has 1 fully saturated rings. The van der Waals surface area contributed by atoms with Crippen molar-refractivity contribution in [1.29, 1.82) is 0 Å². The maximum Gasteiger partial charge on any atom is 0.410 e. The maximum atomic E-state index is 13.7. The van der Waals surface area contributed by atoms with Crippen LogP contribution in [0.2, 0.25) is 0 Å². The SMILES string of the molecule is CC(=O)NCCC1C[C@@H](c2ccc(F)c(F)c2)[C@H](N)CN1C(=O)OC(C)(C)C. The number of piperidine rings is 1. The number of nitrogens with one attached hydrogen (secondary N) is 1. The number of carbonyl (C=O) groups is 2. The number of nitrogens with two attached hydrogens (primary N) is 1. The van der Waals surface area contributed by atoms with Crippen molar-refractivity contribution >= 4 is 12.0 Å². The molecule has 2 amide bonds. The van der Waals surface area contributed by atoms with Gasteiger partial charge in [0.15, 0.2) is 11.6 Å². The molecule has 0 saturated carbocycles. The van der Waals surface area contributed by atoms with E-state index in [-0.39, 0.29) is 24.4 Å². The average molecular weight is 397 g/mol. The highest BCUT2D eigenvalue weighted by Gasteiger charge is 2.38. The summed E-state index contributed by atoms with van der Waals surface area (Å²) in [6, 6.07) is 3.07. The lowest BCUT2D eigenvalue weighted by Gasteiger charge is -2.43. The Balaban J connectivity index is 2.21. The van der Waals surface area contributed by atoms with E-state index >= 15 is 0 Å². The Hall–Kier alpha value is -2.22. The highest BCUT2D eigenvalue weighted by atomic mass is 19.2. The summed E-state index contributed by atoms with van der Waals surface area (Å²) in [5, 5.41) is 2.72. The first-order valence-electron chi connectivity index (χ1n) is 9.42. The zero-order valence-corrected chi connectivity index (χ0v) is 16.8. The third kappa shape index (κ3) is 5.89. The van der Waals surface area contributed by atoms with E-state index in [1.165, 1.54) is 13.0 Å². The normalized spacial score (nSPS) is 22.7. The van der Waals surface area contributed by atoms with E-state index in [0.29, 0.717) is 24.9 Å². The quantitative estimate of drug-likeness (QED) is 0.818. The van der Waals surface area contributed by atoms with Crippen LogP contribution in [0.4, 0.5) is 13.6 Å². The number of amides is 2. The molecule has 0 spiro atoms.